The molecular formula is C59H41NO. The van der Waals surface area contributed by atoms with E-state index in [4.69, 9.17) is 0 Å². The van der Waals surface area contributed by atoms with Gasteiger partial charge in [0.1, 0.15) is 5.75 Å². The number of phenolic OH excluding ortho intramolecular Hbond substituents is 1. The maximum atomic E-state index is 10.8. The van der Waals surface area contributed by atoms with Gasteiger partial charge in [-0.3, -0.25) is 0 Å². The molecule has 0 amide bonds. The van der Waals surface area contributed by atoms with Crippen molar-refractivity contribution in [3.8, 4) is 50.3 Å². The lowest BCUT2D eigenvalue weighted by Crippen LogP contribution is -2.28. The highest BCUT2D eigenvalue weighted by Gasteiger charge is 2.46. The van der Waals surface area contributed by atoms with Crippen molar-refractivity contribution in [2.24, 2.45) is 0 Å². The zero-order valence-electron chi connectivity index (χ0n) is 33.5. The summed E-state index contributed by atoms with van der Waals surface area (Å²) in [6.07, 6.45) is 0. The third kappa shape index (κ3) is 6.03. The molecule has 0 aromatic heterocycles. The summed E-state index contributed by atoms with van der Waals surface area (Å²) in [6.45, 7) is 0. The van der Waals surface area contributed by atoms with Gasteiger partial charge in [0.2, 0.25) is 0 Å². The van der Waals surface area contributed by atoms with E-state index in [9.17, 15) is 5.11 Å². The maximum absolute atomic E-state index is 10.8. The van der Waals surface area contributed by atoms with Gasteiger partial charge in [-0.15, -0.1) is 0 Å². The number of hydrogen-bond acceptors (Lipinski definition) is 2. The number of nitrogens with zero attached hydrogens (tertiary/aromatic N) is 1. The number of hydrogen-bond donors (Lipinski definition) is 1. The second-order valence-corrected chi connectivity index (χ2v) is 15.8. The van der Waals surface area contributed by atoms with E-state index in [1.165, 1.54) is 49.7 Å². The van der Waals surface area contributed by atoms with Gasteiger partial charge in [0.15, 0.2) is 0 Å². The first-order valence-electron chi connectivity index (χ1n) is 20.9. The van der Waals surface area contributed by atoms with E-state index in [1.807, 2.05) is 18.2 Å². The zero-order chi connectivity index (χ0) is 40.8. The molecule has 0 saturated heterocycles. The topological polar surface area (TPSA) is 23.5 Å². The standard InChI is InChI=1S/C59H41NO/c61-57-30-15-13-26-50(57)42-31-35-48(36-32-42)60(56-38-34-41-17-10-11-27-51(41)58(56)43-18-4-1-5-19-43)49-25-16-20-44(39-49)45-33-37-53-52-28-12-14-29-54(52)59(55(53)40-45,46-21-6-2-7-22-46)47-23-8-3-9-24-47/h1-40,61H. The molecular weight excluding hydrogens is 739 g/mol. The van der Waals surface area contributed by atoms with Crippen LogP contribution >= 0.6 is 0 Å². The molecule has 0 spiro atoms. The third-order valence-electron chi connectivity index (χ3n) is 12.4. The molecule has 288 valence electrons. The number of benzene rings is 10. The van der Waals surface area contributed by atoms with Gasteiger partial charge in [0.25, 0.3) is 0 Å². The molecule has 0 heterocycles. The van der Waals surface area contributed by atoms with Crippen LogP contribution in [0.4, 0.5) is 17.1 Å². The van der Waals surface area contributed by atoms with Crippen LogP contribution in [0.1, 0.15) is 22.3 Å². The Bertz CT molecular complexity index is 3150. The predicted octanol–water partition coefficient (Wildman–Crippen LogP) is 15.4. The fraction of sp³-hybridized carbons (Fsp3) is 0.0169. The van der Waals surface area contributed by atoms with Gasteiger partial charge >= 0.3 is 0 Å². The van der Waals surface area contributed by atoms with Gasteiger partial charge in [-0.2, -0.15) is 0 Å². The monoisotopic (exact) mass is 779 g/mol. The van der Waals surface area contributed by atoms with Crippen molar-refractivity contribution in [2.45, 2.75) is 5.41 Å². The smallest absolute Gasteiger partial charge is 0.123 e. The van der Waals surface area contributed by atoms with E-state index < -0.39 is 5.41 Å². The lowest BCUT2D eigenvalue weighted by molar-refractivity contribution is 0.477. The van der Waals surface area contributed by atoms with Crippen LogP contribution in [-0.4, -0.2) is 5.11 Å². The molecule has 2 heteroatoms. The molecule has 0 bridgehead atoms. The van der Waals surface area contributed by atoms with Crippen LogP contribution in [0.3, 0.4) is 0 Å². The van der Waals surface area contributed by atoms with Crippen molar-refractivity contribution < 1.29 is 5.11 Å². The van der Waals surface area contributed by atoms with Crippen molar-refractivity contribution in [1.82, 2.24) is 0 Å². The first-order chi connectivity index (χ1) is 30.2. The Hall–Kier alpha value is -7.94. The molecule has 0 aliphatic heterocycles. The number of fused-ring (bicyclic) bond motifs is 4. The van der Waals surface area contributed by atoms with E-state index in [0.717, 1.165) is 44.9 Å². The van der Waals surface area contributed by atoms with Crippen LogP contribution < -0.4 is 4.90 Å². The second kappa shape index (κ2) is 15.0. The molecule has 0 unspecified atom stereocenters. The summed E-state index contributed by atoms with van der Waals surface area (Å²) in [5.41, 5.74) is 16.6. The molecule has 0 radical (unpaired) electrons. The van der Waals surface area contributed by atoms with Gasteiger partial charge in [-0.25, -0.2) is 0 Å². The summed E-state index contributed by atoms with van der Waals surface area (Å²) in [7, 11) is 0. The Kier molecular flexibility index (Phi) is 8.90. The minimum atomic E-state index is -0.487. The summed E-state index contributed by atoms with van der Waals surface area (Å²) in [5.74, 6) is 0.265. The summed E-state index contributed by atoms with van der Waals surface area (Å²) in [6, 6.07) is 86.8. The zero-order valence-corrected chi connectivity index (χ0v) is 33.5. The number of rotatable bonds is 8. The maximum Gasteiger partial charge on any atom is 0.123 e. The highest BCUT2D eigenvalue weighted by Crippen LogP contribution is 2.57. The van der Waals surface area contributed by atoms with Gasteiger partial charge in [0.05, 0.1) is 11.1 Å². The van der Waals surface area contributed by atoms with Crippen LogP contribution in [-0.2, 0) is 5.41 Å². The summed E-state index contributed by atoms with van der Waals surface area (Å²) in [5, 5.41) is 13.1. The Balaban J connectivity index is 1.12. The number of aromatic hydroxyl groups is 1. The summed E-state index contributed by atoms with van der Waals surface area (Å²) < 4.78 is 0. The Morgan fingerprint density at radius 3 is 1.66 bits per heavy atom. The van der Waals surface area contributed by atoms with Crippen LogP contribution in [0.5, 0.6) is 5.75 Å². The molecule has 0 fully saturated rings. The molecule has 0 saturated carbocycles. The fourth-order valence-electron chi connectivity index (χ4n) is 9.74. The molecule has 1 aliphatic carbocycles. The van der Waals surface area contributed by atoms with Crippen molar-refractivity contribution in [2.75, 3.05) is 4.90 Å². The molecule has 2 nitrogen and oxygen atoms in total. The number of anilines is 3. The van der Waals surface area contributed by atoms with Crippen LogP contribution in [0.25, 0.3) is 55.3 Å². The summed E-state index contributed by atoms with van der Waals surface area (Å²) >= 11 is 0. The van der Waals surface area contributed by atoms with Gasteiger partial charge in [-0.1, -0.05) is 200 Å². The fourth-order valence-corrected chi connectivity index (χ4v) is 9.74. The lowest BCUT2D eigenvalue weighted by atomic mass is 9.67. The molecule has 10 aromatic rings. The normalized spacial score (nSPS) is 12.5. The number of phenols is 1. The van der Waals surface area contributed by atoms with Crippen LogP contribution in [0, 0.1) is 0 Å². The lowest BCUT2D eigenvalue weighted by Gasteiger charge is -2.34. The minimum Gasteiger partial charge on any atom is -0.507 e. The Morgan fingerprint density at radius 1 is 0.344 bits per heavy atom. The average Bonchev–Trinajstić information content (AvgIpc) is 3.63. The second-order valence-electron chi connectivity index (χ2n) is 15.8. The Morgan fingerprint density at radius 2 is 0.918 bits per heavy atom. The highest BCUT2D eigenvalue weighted by molar-refractivity contribution is 6.05. The Labute approximate surface area is 356 Å². The highest BCUT2D eigenvalue weighted by atomic mass is 16.3. The molecule has 61 heavy (non-hydrogen) atoms. The predicted molar refractivity (Wildman–Crippen MR) is 254 cm³/mol. The molecule has 0 atom stereocenters. The quantitative estimate of drug-likeness (QED) is 0.166. The molecule has 1 aliphatic rings. The van der Waals surface area contributed by atoms with E-state index in [-0.39, 0.29) is 5.75 Å². The van der Waals surface area contributed by atoms with Crippen molar-refractivity contribution >= 4 is 27.8 Å². The van der Waals surface area contributed by atoms with Crippen molar-refractivity contribution in [3.05, 3.63) is 265 Å². The van der Waals surface area contributed by atoms with Gasteiger partial charge < -0.3 is 10.0 Å². The number of para-hydroxylation sites is 1. The van der Waals surface area contributed by atoms with Crippen LogP contribution in [0.15, 0.2) is 243 Å². The van der Waals surface area contributed by atoms with E-state index >= 15 is 0 Å². The van der Waals surface area contributed by atoms with E-state index in [2.05, 4.69) is 223 Å². The molecule has 1 N–H and O–H groups in total. The minimum absolute atomic E-state index is 0.265. The summed E-state index contributed by atoms with van der Waals surface area (Å²) in [4.78, 5) is 2.38. The average molecular weight is 780 g/mol. The first kappa shape index (κ1) is 36.2. The van der Waals surface area contributed by atoms with Crippen molar-refractivity contribution in [3.63, 3.8) is 0 Å². The molecule has 10 aromatic carbocycles. The molecule has 11 rings (SSSR count). The van der Waals surface area contributed by atoms with E-state index in [0.29, 0.717) is 0 Å². The largest absolute Gasteiger partial charge is 0.507 e. The van der Waals surface area contributed by atoms with E-state index in [1.54, 1.807) is 6.07 Å². The van der Waals surface area contributed by atoms with Gasteiger partial charge in [-0.05, 0) is 109 Å². The SMILES string of the molecule is Oc1ccccc1-c1ccc(N(c2cccc(-c3ccc4c(c3)C(c3ccccc3)(c3ccccc3)c3ccccc3-4)c2)c2ccc3ccccc3c2-c2ccccc2)cc1. The third-order valence-corrected chi connectivity index (χ3v) is 12.4. The van der Waals surface area contributed by atoms with Crippen molar-refractivity contribution in [1.29, 1.82) is 0 Å². The van der Waals surface area contributed by atoms with Crippen LogP contribution in [0.2, 0.25) is 0 Å². The van der Waals surface area contributed by atoms with Gasteiger partial charge in [0, 0.05) is 22.5 Å². The first-order valence-corrected chi connectivity index (χ1v) is 20.9.